The maximum atomic E-state index is 13.6. The summed E-state index contributed by atoms with van der Waals surface area (Å²) >= 11 is 0.944. The smallest absolute Gasteiger partial charge is 0.350 e. The van der Waals surface area contributed by atoms with Crippen LogP contribution in [0.4, 0.5) is 5.13 Å². The molecule has 0 spiro atoms. The first-order valence-electron chi connectivity index (χ1n) is 14.2. The number of rotatable bonds is 11. The summed E-state index contributed by atoms with van der Waals surface area (Å²) < 4.78 is 16.6. The van der Waals surface area contributed by atoms with Gasteiger partial charge in [-0.15, -0.1) is 0 Å². The predicted molar refractivity (Wildman–Crippen MR) is 167 cm³/mol. The lowest BCUT2D eigenvalue weighted by Gasteiger charge is -2.23. The molecule has 1 aromatic heterocycles. The highest BCUT2D eigenvalue weighted by Gasteiger charge is 2.48. The highest BCUT2D eigenvalue weighted by molar-refractivity contribution is 7.17. The number of aryl methyl sites for hydroxylation is 1. The van der Waals surface area contributed by atoms with Crippen molar-refractivity contribution in [3.8, 4) is 11.5 Å². The van der Waals surface area contributed by atoms with Crippen molar-refractivity contribution in [2.24, 2.45) is 0 Å². The summed E-state index contributed by atoms with van der Waals surface area (Å²) in [6, 6.07) is 22.4. The summed E-state index contributed by atoms with van der Waals surface area (Å²) in [6.45, 7) is 4.56. The normalized spacial score (nSPS) is 15.8. The summed E-state index contributed by atoms with van der Waals surface area (Å²) in [6.07, 6.45) is 1.83. The summed E-state index contributed by atoms with van der Waals surface area (Å²) in [7, 11) is 1.26. The molecule has 1 amide bonds. The van der Waals surface area contributed by atoms with Crippen LogP contribution in [0, 0.1) is 6.92 Å². The molecule has 3 aromatic carbocycles. The molecule has 1 aliphatic heterocycles. The van der Waals surface area contributed by atoms with Crippen molar-refractivity contribution >= 4 is 39.9 Å². The molecule has 4 aromatic rings. The number of hydrogen-bond acceptors (Lipinski definition) is 9. The van der Waals surface area contributed by atoms with E-state index in [0.29, 0.717) is 41.5 Å². The quantitative estimate of drug-likeness (QED) is 0.0661. The summed E-state index contributed by atoms with van der Waals surface area (Å²) in [5.74, 6) is -1.57. The third-order valence-corrected chi connectivity index (χ3v) is 8.26. The minimum atomic E-state index is -1.03. The minimum absolute atomic E-state index is 0.105. The number of aromatic nitrogens is 1. The number of anilines is 1. The van der Waals surface area contributed by atoms with Crippen molar-refractivity contribution in [1.82, 2.24) is 4.98 Å². The molecule has 2 heterocycles. The Hall–Kier alpha value is -4.96. The van der Waals surface area contributed by atoms with Crippen LogP contribution < -0.4 is 14.4 Å². The first kappa shape index (κ1) is 30.5. The molecule has 0 saturated carbocycles. The van der Waals surface area contributed by atoms with Gasteiger partial charge in [-0.05, 0) is 48.7 Å². The van der Waals surface area contributed by atoms with Gasteiger partial charge in [0.2, 0.25) is 0 Å². The number of carbonyl (C=O) groups is 3. The number of hydrogen-bond donors (Lipinski definition) is 1. The molecule has 5 rings (SSSR count). The van der Waals surface area contributed by atoms with E-state index in [9.17, 15) is 19.5 Å². The molecule has 1 N–H and O–H groups in total. The van der Waals surface area contributed by atoms with Crippen LogP contribution in [-0.4, -0.2) is 41.5 Å². The first-order chi connectivity index (χ1) is 21.3. The molecule has 0 radical (unpaired) electrons. The Balaban J connectivity index is 1.56. The zero-order valence-corrected chi connectivity index (χ0v) is 25.4. The van der Waals surface area contributed by atoms with Gasteiger partial charge in [-0.2, -0.15) is 0 Å². The topological polar surface area (TPSA) is 115 Å². The van der Waals surface area contributed by atoms with E-state index in [2.05, 4.69) is 11.9 Å². The van der Waals surface area contributed by atoms with E-state index in [1.807, 2.05) is 30.3 Å². The number of aliphatic hydroxyl groups is 1. The number of thiazole rings is 1. The molecule has 44 heavy (non-hydrogen) atoms. The number of nitrogens with zero attached hydrogens (tertiary/aromatic N) is 2. The van der Waals surface area contributed by atoms with Crippen LogP contribution in [0.3, 0.4) is 0 Å². The Morgan fingerprint density at radius 1 is 0.977 bits per heavy atom. The lowest BCUT2D eigenvalue weighted by Crippen LogP contribution is -2.29. The van der Waals surface area contributed by atoms with Crippen LogP contribution in [0.2, 0.25) is 0 Å². The van der Waals surface area contributed by atoms with Crippen molar-refractivity contribution in [2.45, 2.75) is 39.3 Å². The highest BCUT2D eigenvalue weighted by atomic mass is 32.1. The standard InChI is InChI=1S/C34H32N2O7S/c1-4-5-18-42-26-13-9-12-24(19-26)29(37)27-28(23-14-16-25(17-15-23)43-20-22-10-7-6-8-11-22)36(32(39)30(27)38)34-35-21(2)31(44-34)33(40)41-3/h6-17,19,28,37H,4-5,18,20H2,1-3H3. The van der Waals surface area contributed by atoms with Crippen LogP contribution in [0.5, 0.6) is 11.5 Å². The summed E-state index contributed by atoms with van der Waals surface area (Å²) in [4.78, 5) is 45.4. The Morgan fingerprint density at radius 3 is 2.43 bits per heavy atom. The number of methoxy groups -OCH3 is 1. The van der Waals surface area contributed by atoms with Crippen molar-refractivity contribution in [3.05, 3.63) is 112 Å². The molecule has 0 aliphatic carbocycles. The second-order valence-corrected chi connectivity index (χ2v) is 11.1. The average molecular weight is 613 g/mol. The summed E-state index contributed by atoms with van der Waals surface area (Å²) in [5.41, 5.74) is 2.13. The number of ether oxygens (including phenoxy) is 3. The fraction of sp³-hybridized carbons (Fsp3) is 0.235. The van der Waals surface area contributed by atoms with Crippen LogP contribution in [0.25, 0.3) is 5.76 Å². The monoisotopic (exact) mass is 612 g/mol. The maximum absolute atomic E-state index is 13.6. The molecular formula is C34H32N2O7S. The zero-order valence-electron chi connectivity index (χ0n) is 24.6. The number of amides is 1. The first-order valence-corrected chi connectivity index (χ1v) is 15.0. The third kappa shape index (κ3) is 6.35. The fourth-order valence-corrected chi connectivity index (χ4v) is 5.83. The highest BCUT2D eigenvalue weighted by Crippen LogP contribution is 2.44. The maximum Gasteiger partial charge on any atom is 0.350 e. The van der Waals surface area contributed by atoms with Crippen molar-refractivity contribution < 1.29 is 33.7 Å². The second-order valence-electron chi connectivity index (χ2n) is 10.1. The van der Waals surface area contributed by atoms with E-state index in [-0.39, 0.29) is 21.3 Å². The van der Waals surface area contributed by atoms with E-state index in [1.54, 1.807) is 55.5 Å². The molecule has 1 unspecified atom stereocenters. The van der Waals surface area contributed by atoms with Gasteiger partial charge in [-0.25, -0.2) is 9.78 Å². The molecular weight excluding hydrogens is 580 g/mol. The largest absolute Gasteiger partial charge is 0.507 e. The molecule has 1 atom stereocenters. The van der Waals surface area contributed by atoms with Gasteiger partial charge in [0, 0.05) is 5.56 Å². The average Bonchev–Trinajstić information content (AvgIpc) is 3.56. The lowest BCUT2D eigenvalue weighted by atomic mass is 9.95. The lowest BCUT2D eigenvalue weighted by molar-refractivity contribution is -0.132. The van der Waals surface area contributed by atoms with Gasteiger partial charge in [0.25, 0.3) is 5.78 Å². The third-order valence-electron chi connectivity index (χ3n) is 7.12. The molecule has 1 saturated heterocycles. The second kappa shape index (κ2) is 13.6. The fourth-order valence-electron chi connectivity index (χ4n) is 4.82. The number of benzene rings is 3. The number of esters is 1. The number of Topliss-reactive ketones (excluding diaryl/α,β-unsaturated/α-hetero) is 1. The molecule has 226 valence electrons. The van der Waals surface area contributed by atoms with Gasteiger partial charge in [-0.3, -0.25) is 14.5 Å². The minimum Gasteiger partial charge on any atom is -0.507 e. The van der Waals surface area contributed by atoms with Gasteiger partial charge in [-0.1, -0.05) is 79.3 Å². The molecule has 0 bridgehead atoms. The Kier molecular flexibility index (Phi) is 9.40. The van der Waals surface area contributed by atoms with E-state index < -0.39 is 23.7 Å². The van der Waals surface area contributed by atoms with Gasteiger partial charge < -0.3 is 19.3 Å². The van der Waals surface area contributed by atoms with Crippen molar-refractivity contribution in [3.63, 3.8) is 0 Å². The molecule has 1 fully saturated rings. The predicted octanol–water partition coefficient (Wildman–Crippen LogP) is 6.62. The van der Waals surface area contributed by atoms with Crippen molar-refractivity contribution in [1.29, 1.82) is 0 Å². The van der Waals surface area contributed by atoms with Gasteiger partial charge >= 0.3 is 11.9 Å². The van der Waals surface area contributed by atoms with Gasteiger partial charge in [0.1, 0.15) is 28.7 Å². The molecule has 9 nitrogen and oxygen atoms in total. The Labute approximate surface area is 259 Å². The van der Waals surface area contributed by atoms with Crippen LogP contribution in [0.15, 0.2) is 84.4 Å². The van der Waals surface area contributed by atoms with E-state index in [4.69, 9.17) is 14.2 Å². The number of carbonyl (C=O) groups excluding carboxylic acids is 3. The van der Waals surface area contributed by atoms with Gasteiger partial charge in [0.15, 0.2) is 5.13 Å². The number of aliphatic hydroxyl groups excluding tert-OH is 1. The van der Waals surface area contributed by atoms with E-state index >= 15 is 0 Å². The molecule has 1 aliphatic rings. The number of unbranched alkanes of at least 4 members (excludes halogenated alkanes) is 1. The van der Waals surface area contributed by atoms with Crippen LogP contribution in [0.1, 0.15) is 57.9 Å². The Morgan fingerprint density at radius 2 is 1.73 bits per heavy atom. The van der Waals surface area contributed by atoms with Crippen molar-refractivity contribution in [2.75, 3.05) is 18.6 Å². The van der Waals surface area contributed by atoms with Gasteiger partial charge in [0.05, 0.1) is 31.0 Å². The number of ketones is 1. The van der Waals surface area contributed by atoms with Crippen LogP contribution in [-0.2, 0) is 20.9 Å². The van der Waals surface area contributed by atoms with E-state index in [1.165, 1.54) is 12.0 Å². The molecule has 10 heteroatoms. The Bertz CT molecular complexity index is 1700. The summed E-state index contributed by atoms with van der Waals surface area (Å²) in [5, 5.41) is 11.7. The van der Waals surface area contributed by atoms with E-state index in [0.717, 1.165) is 29.7 Å². The van der Waals surface area contributed by atoms with Crippen LogP contribution >= 0.6 is 11.3 Å². The zero-order chi connectivity index (χ0) is 31.2. The SMILES string of the molecule is CCCCOc1cccc(C(O)=C2C(=O)C(=O)N(c3nc(C)c(C(=O)OC)s3)C2c2ccc(OCc3ccccc3)cc2)c1.